The van der Waals surface area contributed by atoms with Crippen LogP contribution < -0.4 is 15.0 Å². The van der Waals surface area contributed by atoms with Crippen molar-refractivity contribution in [3.63, 3.8) is 0 Å². The van der Waals surface area contributed by atoms with Gasteiger partial charge in [-0.2, -0.15) is 4.31 Å². The number of ether oxygens (including phenoxy) is 1. The fourth-order valence-electron chi connectivity index (χ4n) is 3.12. The van der Waals surface area contributed by atoms with Gasteiger partial charge in [0.15, 0.2) is 6.10 Å². The molecule has 1 atom stereocenters. The quantitative estimate of drug-likeness (QED) is 0.586. The maximum Gasteiger partial charge on any atom is 0.260 e. The molecule has 162 valence electrons. The zero-order valence-corrected chi connectivity index (χ0v) is 17.8. The summed E-state index contributed by atoms with van der Waals surface area (Å²) in [6.07, 6.45) is 3.03. The molecule has 1 aromatic carbocycles. The number of nitrogens with zero attached hydrogens (tertiary/aromatic N) is 4. The van der Waals surface area contributed by atoms with Gasteiger partial charge in [-0.25, -0.2) is 18.4 Å². The van der Waals surface area contributed by atoms with Crippen LogP contribution in [-0.4, -0.2) is 73.2 Å². The second kappa shape index (κ2) is 10.4. The number of carbonyl (C=O) groups excluding carboxylic acids is 1. The molecule has 1 fully saturated rings. The molecule has 1 aromatic heterocycles. The standard InChI is InChI=1S/C20H27N5O4S/c1-17(29-18-7-3-2-4-8-18)19(26)21-11-6-16-30(27,28)25-14-12-24(13-15-25)20-22-9-5-10-23-20/h2-5,7-10,17H,6,11-16H2,1H3,(H,21,26). The van der Waals surface area contributed by atoms with Crippen LogP contribution in [0.15, 0.2) is 48.8 Å². The van der Waals surface area contributed by atoms with E-state index in [4.69, 9.17) is 4.74 Å². The number of aromatic nitrogens is 2. The fraction of sp³-hybridized carbons (Fsp3) is 0.450. The summed E-state index contributed by atoms with van der Waals surface area (Å²) in [5.74, 6) is 0.947. The first-order valence-electron chi connectivity index (χ1n) is 9.95. The number of hydrogen-bond donors (Lipinski definition) is 1. The van der Waals surface area contributed by atoms with Crippen molar-refractivity contribution in [1.29, 1.82) is 0 Å². The van der Waals surface area contributed by atoms with Gasteiger partial charge in [0.05, 0.1) is 5.75 Å². The summed E-state index contributed by atoms with van der Waals surface area (Å²) in [5.41, 5.74) is 0. The maximum atomic E-state index is 12.6. The first-order valence-corrected chi connectivity index (χ1v) is 11.6. The molecule has 0 saturated carbocycles. The van der Waals surface area contributed by atoms with E-state index in [1.807, 2.05) is 23.1 Å². The van der Waals surface area contributed by atoms with Gasteiger partial charge in [-0.15, -0.1) is 0 Å². The number of para-hydroxylation sites is 1. The normalized spacial score (nSPS) is 16.1. The van der Waals surface area contributed by atoms with E-state index in [1.54, 1.807) is 37.5 Å². The third kappa shape index (κ3) is 6.14. The Morgan fingerprint density at radius 1 is 1.10 bits per heavy atom. The van der Waals surface area contributed by atoms with Crippen LogP contribution in [0.1, 0.15) is 13.3 Å². The highest BCUT2D eigenvalue weighted by atomic mass is 32.2. The van der Waals surface area contributed by atoms with Gasteiger partial charge >= 0.3 is 0 Å². The molecule has 2 heterocycles. The molecule has 1 N–H and O–H groups in total. The number of amides is 1. The Morgan fingerprint density at radius 3 is 2.43 bits per heavy atom. The molecular weight excluding hydrogens is 406 g/mol. The summed E-state index contributed by atoms with van der Waals surface area (Å²) in [4.78, 5) is 22.5. The van der Waals surface area contributed by atoms with Gasteiger partial charge in [-0.3, -0.25) is 4.79 Å². The van der Waals surface area contributed by atoms with Crippen LogP contribution >= 0.6 is 0 Å². The zero-order valence-electron chi connectivity index (χ0n) is 17.0. The lowest BCUT2D eigenvalue weighted by atomic mass is 10.3. The van der Waals surface area contributed by atoms with E-state index in [-0.39, 0.29) is 18.2 Å². The summed E-state index contributed by atoms with van der Waals surface area (Å²) in [5, 5.41) is 2.74. The predicted octanol–water partition coefficient (Wildman–Crippen LogP) is 0.902. The molecule has 0 radical (unpaired) electrons. The van der Waals surface area contributed by atoms with Gasteiger partial charge in [0.1, 0.15) is 5.75 Å². The molecule has 1 aliphatic heterocycles. The molecule has 2 aromatic rings. The second-order valence-corrected chi connectivity index (χ2v) is 9.06. The lowest BCUT2D eigenvalue weighted by molar-refractivity contribution is -0.127. The number of hydrogen-bond acceptors (Lipinski definition) is 7. The average molecular weight is 434 g/mol. The van der Waals surface area contributed by atoms with Gasteiger partial charge in [0, 0.05) is 45.1 Å². The molecule has 3 rings (SSSR count). The molecule has 0 spiro atoms. The van der Waals surface area contributed by atoms with Gasteiger partial charge in [0.25, 0.3) is 5.91 Å². The SMILES string of the molecule is CC(Oc1ccccc1)C(=O)NCCCS(=O)(=O)N1CCN(c2ncccn2)CC1. The van der Waals surface area contributed by atoms with Crippen molar-refractivity contribution in [3.05, 3.63) is 48.8 Å². The number of benzene rings is 1. The Hall–Kier alpha value is -2.72. The molecule has 1 aliphatic rings. The highest BCUT2D eigenvalue weighted by molar-refractivity contribution is 7.89. The number of carbonyl (C=O) groups is 1. The van der Waals surface area contributed by atoms with Crippen molar-refractivity contribution in [2.24, 2.45) is 0 Å². The summed E-state index contributed by atoms with van der Waals surface area (Å²) < 4.78 is 32.2. The van der Waals surface area contributed by atoms with E-state index in [1.165, 1.54) is 4.31 Å². The molecule has 1 unspecified atom stereocenters. The molecule has 0 aliphatic carbocycles. The minimum Gasteiger partial charge on any atom is -0.481 e. The van der Waals surface area contributed by atoms with E-state index < -0.39 is 16.1 Å². The van der Waals surface area contributed by atoms with Crippen molar-refractivity contribution in [2.75, 3.05) is 43.4 Å². The molecule has 9 nitrogen and oxygen atoms in total. The number of sulfonamides is 1. The summed E-state index contributed by atoms with van der Waals surface area (Å²) in [7, 11) is -3.37. The number of rotatable bonds is 9. The van der Waals surface area contributed by atoms with Gasteiger partial charge in [0.2, 0.25) is 16.0 Å². The lowest BCUT2D eigenvalue weighted by Crippen LogP contribution is -2.50. The first-order chi connectivity index (χ1) is 14.5. The molecule has 1 amide bonds. The first kappa shape index (κ1) is 22.0. The monoisotopic (exact) mass is 433 g/mol. The van der Waals surface area contributed by atoms with E-state index in [9.17, 15) is 13.2 Å². The molecule has 1 saturated heterocycles. The average Bonchev–Trinajstić information content (AvgIpc) is 2.78. The largest absolute Gasteiger partial charge is 0.481 e. The third-order valence-electron chi connectivity index (χ3n) is 4.77. The Bertz CT molecular complexity index is 903. The Morgan fingerprint density at radius 2 is 1.77 bits per heavy atom. The molecule has 30 heavy (non-hydrogen) atoms. The van der Waals surface area contributed by atoms with Crippen molar-refractivity contribution in [3.8, 4) is 5.75 Å². The van der Waals surface area contributed by atoms with Crippen LogP contribution in [0.3, 0.4) is 0 Å². The summed E-state index contributed by atoms with van der Waals surface area (Å²) in [6, 6.07) is 10.8. The van der Waals surface area contributed by atoms with Gasteiger partial charge < -0.3 is 15.0 Å². The van der Waals surface area contributed by atoms with Crippen LogP contribution in [-0.2, 0) is 14.8 Å². The van der Waals surface area contributed by atoms with E-state index in [2.05, 4.69) is 15.3 Å². The van der Waals surface area contributed by atoms with E-state index >= 15 is 0 Å². The van der Waals surface area contributed by atoms with E-state index in [0.29, 0.717) is 44.3 Å². The van der Waals surface area contributed by atoms with Crippen molar-refractivity contribution >= 4 is 21.9 Å². The van der Waals surface area contributed by atoms with Gasteiger partial charge in [-0.05, 0) is 31.5 Å². The Kier molecular flexibility index (Phi) is 7.58. The second-order valence-electron chi connectivity index (χ2n) is 6.97. The molecular formula is C20H27N5O4S. The molecule has 0 bridgehead atoms. The van der Waals surface area contributed by atoms with Gasteiger partial charge in [-0.1, -0.05) is 18.2 Å². The van der Waals surface area contributed by atoms with Crippen LogP contribution in [0.4, 0.5) is 5.95 Å². The van der Waals surface area contributed by atoms with Crippen LogP contribution in [0.5, 0.6) is 5.75 Å². The number of nitrogens with one attached hydrogen (secondary N) is 1. The summed E-state index contributed by atoms with van der Waals surface area (Å²) >= 11 is 0. The molecule has 10 heteroatoms. The number of anilines is 1. The topological polar surface area (TPSA) is 105 Å². The Balaban J connectivity index is 1.37. The minimum atomic E-state index is -3.37. The van der Waals surface area contributed by atoms with Crippen LogP contribution in [0.25, 0.3) is 0 Å². The van der Waals surface area contributed by atoms with Crippen LogP contribution in [0.2, 0.25) is 0 Å². The summed E-state index contributed by atoms with van der Waals surface area (Å²) in [6.45, 7) is 3.83. The highest BCUT2D eigenvalue weighted by Crippen LogP contribution is 2.13. The maximum absolute atomic E-state index is 12.6. The van der Waals surface area contributed by atoms with E-state index in [0.717, 1.165) is 0 Å². The smallest absolute Gasteiger partial charge is 0.260 e. The zero-order chi connectivity index (χ0) is 21.4. The fourth-order valence-corrected chi connectivity index (χ4v) is 4.60. The van der Waals surface area contributed by atoms with Crippen molar-refractivity contribution in [2.45, 2.75) is 19.4 Å². The van der Waals surface area contributed by atoms with Crippen LogP contribution in [0, 0.1) is 0 Å². The van der Waals surface area contributed by atoms with Crippen molar-refractivity contribution in [1.82, 2.24) is 19.6 Å². The Labute approximate surface area is 177 Å². The predicted molar refractivity (Wildman–Crippen MR) is 114 cm³/mol. The van der Waals surface area contributed by atoms with Crippen molar-refractivity contribution < 1.29 is 17.9 Å². The lowest BCUT2D eigenvalue weighted by Gasteiger charge is -2.33. The third-order valence-corrected chi connectivity index (χ3v) is 6.73. The minimum absolute atomic E-state index is 0.0109. The number of piperazine rings is 1. The highest BCUT2D eigenvalue weighted by Gasteiger charge is 2.27.